The van der Waals surface area contributed by atoms with Crippen molar-refractivity contribution in [2.75, 3.05) is 20.8 Å². The number of hydrogen-bond acceptors (Lipinski definition) is 8. The minimum absolute atomic E-state index is 0.154. The highest BCUT2D eigenvalue weighted by atomic mass is 35.5. The number of imide groups is 1. The number of likely N-dealkylation sites (tertiary alicyclic amines) is 1. The molecule has 2 aromatic rings. The average Bonchev–Trinajstić information content (AvgIpc) is 3.69. The van der Waals surface area contributed by atoms with Crippen LogP contribution >= 0.6 is 11.6 Å². The van der Waals surface area contributed by atoms with Gasteiger partial charge in [-0.25, -0.2) is 5.43 Å². The van der Waals surface area contributed by atoms with Gasteiger partial charge in [0.2, 0.25) is 11.8 Å². The van der Waals surface area contributed by atoms with E-state index in [0.717, 1.165) is 11.1 Å². The zero-order valence-electron chi connectivity index (χ0n) is 21.4. The predicted molar refractivity (Wildman–Crippen MR) is 142 cm³/mol. The number of benzene rings is 2. The zero-order chi connectivity index (χ0) is 27.3. The lowest BCUT2D eigenvalue weighted by Crippen LogP contribution is -2.44. The molecular formula is C28H27ClN4O6. The Morgan fingerprint density at radius 3 is 2.51 bits per heavy atom. The molecule has 0 spiro atoms. The molecule has 2 aromatic carbocycles. The Bertz CT molecular complexity index is 1390. The van der Waals surface area contributed by atoms with Crippen molar-refractivity contribution in [2.45, 2.75) is 18.9 Å². The molecule has 0 unspecified atom stereocenters. The van der Waals surface area contributed by atoms with E-state index >= 15 is 0 Å². The summed E-state index contributed by atoms with van der Waals surface area (Å²) in [5.41, 5.74) is 4.44. The van der Waals surface area contributed by atoms with Crippen LogP contribution in [0, 0.1) is 29.6 Å². The zero-order valence-corrected chi connectivity index (χ0v) is 22.1. The van der Waals surface area contributed by atoms with Crippen LogP contribution in [-0.4, -0.2) is 61.4 Å². The summed E-state index contributed by atoms with van der Waals surface area (Å²) in [6.07, 6.45) is 2.27. The van der Waals surface area contributed by atoms with Crippen molar-refractivity contribution in [3.8, 4) is 11.5 Å². The lowest BCUT2D eigenvalue weighted by Gasteiger charge is -2.29. The molecule has 4 aliphatic rings. The van der Waals surface area contributed by atoms with E-state index in [-0.39, 0.29) is 47.9 Å². The Morgan fingerprint density at radius 2 is 1.79 bits per heavy atom. The second-order valence-electron chi connectivity index (χ2n) is 10.2. The Morgan fingerprint density at radius 1 is 1.08 bits per heavy atom. The molecule has 0 aromatic heterocycles. The maximum atomic E-state index is 13.5. The van der Waals surface area contributed by atoms with Gasteiger partial charge >= 0.3 is 0 Å². The Balaban J connectivity index is 1.12. The van der Waals surface area contributed by atoms with Gasteiger partial charge in [-0.15, -0.1) is 0 Å². The number of nitrogens with zero attached hydrogens (tertiary/aromatic N) is 3. The number of hydrazone groups is 1. The Hall–Kier alpha value is -3.92. The van der Waals surface area contributed by atoms with Crippen molar-refractivity contribution >= 4 is 41.2 Å². The lowest BCUT2D eigenvalue weighted by atomic mass is 9.72. The van der Waals surface area contributed by atoms with E-state index in [4.69, 9.17) is 25.9 Å². The molecule has 2 bridgehead atoms. The number of carbonyl (C=O) groups is 3. The fraction of sp³-hybridized carbons (Fsp3) is 0.393. The first-order chi connectivity index (χ1) is 18.9. The van der Waals surface area contributed by atoms with Gasteiger partial charge in [0.25, 0.3) is 5.91 Å². The van der Waals surface area contributed by atoms with E-state index in [1.807, 2.05) is 12.1 Å². The molecule has 6 atom stereocenters. The highest BCUT2D eigenvalue weighted by Gasteiger charge is 2.70. The van der Waals surface area contributed by atoms with Crippen LogP contribution in [0.3, 0.4) is 0 Å². The summed E-state index contributed by atoms with van der Waals surface area (Å²) >= 11 is 5.90. The minimum Gasteiger partial charge on any atom is -0.493 e. The molecule has 39 heavy (non-hydrogen) atoms. The quantitative estimate of drug-likeness (QED) is 0.307. The number of nitrogens with one attached hydrogen (secondary N) is 1. The van der Waals surface area contributed by atoms with E-state index in [1.165, 1.54) is 11.1 Å². The van der Waals surface area contributed by atoms with Gasteiger partial charge < -0.3 is 14.3 Å². The maximum Gasteiger partial charge on any atom is 0.289 e. The average molecular weight is 551 g/mol. The highest BCUT2D eigenvalue weighted by Crippen LogP contribution is 2.61. The number of amides is 3. The first-order valence-corrected chi connectivity index (χ1v) is 13.2. The Kier molecular flexibility index (Phi) is 6.50. The smallest absolute Gasteiger partial charge is 0.289 e. The number of methoxy groups -OCH3 is 2. The van der Waals surface area contributed by atoms with Gasteiger partial charge in [0.05, 0.1) is 38.2 Å². The van der Waals surface area contributed by atoms with Gasteiger partial charge in [0.15, 0.2) is 17.2 Å². The van der Waals surface area contributed by atoms with Crippen LogP contribution in [0.4, 0.5) is 0 Å². The molecule has 3 fully saturated rings. The van der Waals surface area contributed by atoms with Gasteiger partial charge in [-0.3, -0.25) is 19.3 Å². The van der Waals surface area contributed by atoms with Crippen LogP contribution in [0.2, 0.25) is 5.02 Å². The van der Waals surface area contributed by atoms with Crippen LogP contribution in [0.1, 0.15) is 17.5 Å². The van der Waals surface area contributed by atoms with Crippen molar-refractivity contribution < 1.29 is 28.7 Å². The number of fused-ring (bicyclic) bond motifs is 8. The second-order valence-corrected chi connectivity index (χ2v) is 10.6. The number of hydrogen-bond donors (Lipinski definition) is 1. The number of oxime groups is 1. The molecule has 2 heterocycles. The predicted octanol–water partition coefficient (Wildman–Crippen LogP) is 2.67. The number of halogens is 1. The van der Waals surface area contributed by atoms with Crippen molar-refractivity contribution in [3.05, 3.63) is 58.6 Å². The summed E-state index contributed by atoms with van der Waals surface area (Å²) in [6.45, 7) is 0.274. The minimum atomic E-state index is -0.473. The third-order valence-electron chi connectivity index (χ3n) is 8.34. The van der Waals surface area contributed by atoms with Gasteiger partial charge in [0.1, 0.15) is 6.10 Å². The standard InChI is InChI=1S/C28H27ClN4O6/c1-37-19-8-5-14(11-20(19)38-2)9-10-33-27(35)21-17-12-18(22(21)28(33)36)25-23(17)24(32-39-25)26(34)31-30-13-15-3-6-16(29)7-4-15/h3-8,11,13,17-18,21-23,25H,9-10,12H2,1-2H3,(H,31,34)/b30-13+/t17-,18-,21-,22-,23-,25-/m1/s1. The largest absolute Gasteiger partial charge is 0.493 e. The summed E-state index contributed by atoms with van der Waals surface area (Å²) in [5.74, 6) is -1.18. The first-order valence-electron chi connectivity index (χ1n) is 12.8. The fourth-order valence-electron chi connectivity index (χ4n) is 6.64. The van der Waals surface area contributed by atoms with Crippen molar-refractivity contribution in [2.24, 2.45) is 39.8 Å². The molecule has 2 saturated carbocycles. The molecular weight excluding hydrogens is 524 g/mol. The van der Waals surface area contributed by atoms with Crippen molar-refractivity contribution in [1.82, 2.24) is 10.3 Å². The SMILES string of the molecule is COc1ccc(CCN2C(=O)[C@@H]3[C@H]4C[C@@H]([C@H]5ON=C(C(=O)N/N=C/c6ccc(Cl)cc6)[C@@H]45)[C@H]3C2=O)cc1OC. The maximum absolute atomic E-state index is 13.5. The van der Waals surface area contributed by atoms with Crippen LogP contribution in [0.15, 0.2) is 52.7 Å². The first kappa shape index (κ1) is 25.4. The molecule has 6 rings (SSSR count). The van der Waals surface area contributed by atoms with Gasteiger partial charge in [0, 0.05) is 17.5 Å². The summed E-state index contributed by atoms with van der Waals surface area (Å²) in [5, 5.41) is 8.69. The number of ether oxygens (including phenoxy) is 2. The molecule has 202 valence electrons. The van der Waals surface area contributed by atoms with Gasteiger partial charge in [-0.05, 0) is 54.2 Å². The molecule has 3 amide bonds. The summed E-state index contributed by atoms with van der Waals surface area (Å²) in [7, 11) is 3.13. The molecule has 11 heteroatoms. The van der Waals surface area contributed by atoms with Crippen LogP contribution in [0.5, 0.6) is 11.5 Å². The van der Waals surface area contributed by atoms with E-state index in [9.17, 15) is 14.4 Å². The third-order valence-corrected chi connectivity index (χ3v) is 8.59. The van der Waals surface area contributed by atoms with Crippen LogP contribution in [-0.2, 0) is 25.6 Å². The molecule has 2 aliphatic carbocycles. The van der Waals surface area contributed by atoms with Crippen molar-refractivity contribution in [1.29, 1.82) is 0 Å². The molecule has 2 aliphatic heterocycles. The number of carbonyl (C=O) groups excluding carboxylic acids is 3. The van der Waals surface area contributed by atoms with Crippen molar-refractivity contribution in [3.63, 3.8) is 0 Å². The molecule has 0 radical (unpaired) electrons. The van der Waals surface area contributed by atoms with E-state index in [0.29, 0.717) is 29.4 Å². The topological polar surface area (TPSA) is 119 Å². The summed E-state index contributed by atoms with van der Waals surface area (Å²) in [4.78, 5) is 46.9. The third kappa shape index (κ3) is 4.23. The van der Waals surface area contributed by atoms with Gasteiger partial charge in [-0.1, -0.05) is 35.0 Å². The summed E-state index contributed by atoms with van der Waals surface area (Å²) in [6, 6.07) is 12.6. The number of rotatable bonds is 8. The van der Waals surface area contributed by atoms with E-state index in [1.54, 1.807) is 44.6 Å². The molecule has 10 nitrogen and oxygen atoms in total. The van der Waals surface area contributed by atoms with E-state index in [2.05, 4.69) is 15.7 Å². The summed E-state index contributed by atoms with van der Waals surface area (Å²) < 4.78 is 10.7. The van der Waals surface area contributed by atoms with Crippen LogP contribution in [0.25, 0.3) is 0 Å². The van der Waals surface area contributed by atoms with Gasteiger partial charge in [-0.2, -0.15) is 5.10 Å². The Labute approximate surface area is 229 Å². The fourth-order valence-corrected chi connectivity index (χ4v) is 6.77. The van der Waals surface area contributed by atoms with Crippen LogP contribution < -0.4 is 14.9 Å². The lowest BCUT2D eigenvalue weighted by molar-refractivity contribution is -0.141. The monoisotopic (exact) mass is 550 g/mol. The molecule has 1 N–H and O–H groups in total. The molecule has 1 saturated heterocycles. The van der Waals surface area contributed by atoms with E-state index < -0.39 is 17.7 Å². The normalized spacial score (nSPS) is 28.4. The second kappa shape index (κ2) is 10.00. The highest BCUT2D eigenvalue weighted by molar-refractivity contribution is 6.40.